The van der Waals surface area contributed by atoms with Gasteiger partial charge in [-0.15, -0.1) is 0 Å². The van der Waals surface area contributed by atoms with Crippen molar-refractivity contribution in [3.63, 3.8) is 0 Å². The third kappa shape index (κ3) is 4.84. The smallest absolute Gasteiger partial charge is 0.119 e. The van der Waals surface area contributed by atoms with Gasteiger partial charge in [-0.05, 0) is 37.6 Å². The molecule has 0 bridgehead atoms. The van der Waals surface area contributed by atoms with Gasteiger partial charge in [-0.3, -0.25) is 0 Å². The molecule has 84 valence electrons. The van der Waals surface area contributed by atoms with Crippen LogP contribution in [-0.2, 0) is 6.54 Å². The Balaban J connectivity index is 2.29. The van der Waals surface area contributed by atoms with Crippen LogP contribution in [0, 0.1) is 0 Å². The third-order valence-electron chi connectivity index (χ3n) is 2.27. The first kappa shape index (κ1) is 12.1. The molecule has 0 fully saturated rings. The molecule has 1 aromatic rings. The van der Waals surface area contributed by atoms with Crippen LogP contribution < -0.4 is 10.1 Å². The molecule has 0 atom stereocenters. The average molecular weight is 207 g/mol. The minimum Gasteiger partial charge on any atom is -0.494 e. The zero-order valence-electron chi connectivity index (χ0n) is 9.75. The van der Waals surface area contributed by atoms with E-state index in [1.807, 2.05) is 19.1 Å². The van der Waals surface area contributed by atoms with Gasteiger partial charge in [-0.2, -0.15) is 0 Å². The van der Waals surface area contributed by atoms with Crippen LogP contribution in [0.4, 0.5) is 0 Å². The Kier molecular flexibility index (Phi) is 5.86. The van der Waals surface area contributed by atoms with Gasteiger partial charge in [-0.1, -0.05) is 25.5 Å². The van der Waals surface area contributed by atoms with E-state index in [-0.39, 0.29) is 0 Å². The van der Waals surface area contributed by atoms with Crippen LogP contribution in [0.15, 0.2) is 24.3 Å². The fourth-order valence-corrected chi connectivity index (χ4v) is 1.40. The summed E-state index contributed by atoms with van der Waals surface area (Å²) in [5, 5.41) is 3.41. The first-order valence-electron chi connectivity index (χ1n) is 5.79. The Morgan fingerprint density at radius 3 is 2.47 bits per heavy atom. The number of benzene rings is 1. The molecule has 1 N–H and O–H groups in total. The molecule has 0 unspecified atom stereocenters. The minimum atomic E-state index is 0.730. The molecule has 0 radical (unpaired) electrons. The molecule has 1 rings (SSSR count). The van der Waals surface area contributed by atoms with E-state index in [1.54, 1.807) is 0 Å². The van der Waals surface area contributed by atoms with Crippen molar-refractivity contribution in [2.24, 2.45) is 0 Å². The van der Waals surface area contributed by atoms with E-state index < -0.39 is 0 Å². The van der Waals surface area contributed by atoms with Crippen LogP contribution in [0.2, 0.25) is 0 Å². The Bertz CT molecular complexity index is 256. The van der Waals surface area contributed by atoms with Gasteiger partial charge >= 0.3 is 0 Å². The second kappa shape index (κ2) is 7.30. The van der Waals surface area contributed by atoms with E-state index in [1.165, 1.54) is 18.4 Å². The first-order chi connectivity index (χ1) is 7.36. The standard InChI is InChI=1S/C13H21NO/c1-3-5-10-14-11-12-6-8-13(9-7-12)15-4-2/h6-9,14H,3-5,10-11H2,1-2H3. The highest BCUT2D eigenvalue weighted by Gasteiger charge is 1.94. The molecule has 0 saturated heterocycles. The summed E-state index contributed by atoms with van der Waals surface area (Å²) < 4.78 is 5.38. The topological polar surface area (TPSA) is 21.3 Å². The zero-order chi connectivity index (χ0) is 10.9. The number of hydrogen-bond donors (Lipinski definition) is 1. The SMILES string of the molecule is CCCCNCc1ccc(OCC)cc1. The van der Waals surface area contributed by atoms with Crippen molar-refractivity contribution in [2.75, 3.05) is 13.2 Å². The van der Waals surface area contributed by atoms with Crippen molar-refractivity contribution in [2.45, 2.75) is 33.2 Å². The predicted octanol–water partition coefficient (Wildman–Crippen LogP) is 2.98. The normalized spacial score (nSPS) is 10.3. The van der Waals surface area contributed by atoms with Gasteiger partial charge in [0.15, 0.2) is 0 Å². The number of hydrogen-bond acceptors (Lipinski definition) is 2. The molecule has 0 amide bonds. The lowest BCUT2D eigenvalue weighted by Gasteiger charge is -2.06. The number of rotatable bonds is 7. The molecule has 2 heteroatoms. The highest BCUT2D eigenvalue weighted by Crippen LogP contribution is 2.11. The molecule has 0 aliphatic heterocycles. The van der Waals surface area contributed by atoms with E-state index in [0.29, 0.717) is 0 Å². The van der Waals surface area contributed by atoms with Crippen LogP contribution in [0.25, 0.3) is 0 Å². The van der Waals surface area contributed by atoms with Crippen LogP contribution >= 0.6 is 0 Å². The van der Waals surface area contributed by atoms with E-state index in [4.69, 9.17) is 4.74 Å². The quantitative estimate of drug-likeness (QED) is 0.694. The lowest BCUT2D eigenvalue weighted by atomic mass is 10.2. The van der Waals surface area contributed by atoms with E-state index >= 15 is 0 Å². The summed E-state index contributed by atoms with van der Waals surface area (Å²) in [4.78, 5) is 0. The molecule has 0 aliphatic rings. The van der Waals surface area contributed by atoms with E-state index in [9.17, 15) is 0 Å². The summed E-state index contributed by atoms with van der Waals surface area (Å²) >= 11 is 0. The molecule has 0 spiro atoms. The number of unbranched alkanes of at least 4 members (excludes halogenated alkanes) is 1. The van der Waals surface area contributed by atoms with Gasteiger partial charge in [0, 0.05) is 6.54 Å². The van der Waals surface area contributed by atoms with Crippen molar-refractivity contribution in [3.05, 3.63) is 29.8 Å². The lowest BCUT2D eigenvalue weighted by Crippen LogP contribution is -2.14. The molecular weight excluding hydrogens is 186 g/mol. The fraction of sp³-hybridized carbons (Fsp3) is 0.538. The summed E-state index contributed by atoms with van der Waals surface area (Å²) in [5.74, 6) is 0.954. The number of nitrogens with one attached hydrogen (secondary N) is 1. The maximum Gasteiger partial charge on any atom is 0.119 e. The molecule has 0 aromatic heterocycles. The predicted molar refractivity (Wildman–Crippen MR) is 64.2 cm³/mol. The van der Waals surface area contributed by atoms with E-state index in [0.717, 1.165) is 25.4 Å². The largest absolute Gasteiger partial charge is 0.494 e. The maximum absolute atomic E-state index is 5.38. The van der Waals surface area contributed by atoms with Crippen LogP contribution in [0.5, 0.6) is 5.75 Å². The zero-order valence-corrected chi connectivity index (χ0v) is 9.75. The molecule has 15 heavy (non-hydrogen) atoms. The van der Waals surface area contributed by atoms with Crippen molar-refractivity contribution < 1.29 is 4.74 Å². The molecular formula is C13H21NO. The van der Waals surface area contributed by atoms with Gasteiger partial charge in [0.05, 0.1) is 6.61 Å². The summed E-state index contributed by atoms with van der Waals surface area (Å²) in [7, 11) is 0. The van der Waals surface area contributed by atoms with Gasteiger partial charge in [0.2, 0.25) is 0 Å². The van der Waals surface area contributed by atoms with Gasteiger partial charge < -0.3 is 10.1 Å². The Labute approximate surface area is 92.6 Å². The third-order valence-corrected chi connectivity index (χ3v) is 2.27. The summed E-state index contributed by atoms with van der Waals surface area (Å²) in [6.45, 7) is 6.99. The van der Waals surface area contributed by atoms with Crippen LogP contribution in [-0.4, -0.2) is 13.2 Å². The van der Waals surface area contributed by atoms with Crippen molar-refractivity contribution in [1.29, 1.82) is 0 Å². The summed E-state index contributed by atoms with van der Waals surface area (Å²) in [6.07, 6.45) is 2.49. The number of ether oxygens (including phenoxy) is 1. The van der Waals surface area contributed by atoms with E-state index in [2.05, 4.69) is 24.4 Å². The maximum atomic E-state index is 5.38. The average Bonchev–Trinajstić information content (AvgIpc) is 2.27. The van der Waals surface area contributed by atoms with Gasteiger partial charge in [0.1, 0.15) is 5.75 Å². The Hall–Kier alpha value is -1.02. The molecule has 1 aromatic carbocycles. The van der Waals surface area contributed by atoms with Gasteiger partial charge in [-0.25, -0.2) is 0 Å². The first-order valence-corrected chi connectivity index (χ1v) is 5.79. The van der Waals surface area contributed by atoms with Crippen molar-refractivity contribution >= 4 is 0 Å². The second-order valence-electron chi connectivity index (χ2n) is 3.61. The monoisotopic (exact) mass is 207 g/mol. The minimum absolute atomic E-state index is 0.730. The highest BCUT2D eigenvalue weighted by atomic mass is 16.5. The van der Waals surface area contributed by atoms with Crippen molar-refractivity contribution in [3.8, 4) is 5.75 Å². The second-order valence-corrected chi connectivity index (χ2v) is 3.61. The summed E-state index contributed by atoms with van der Waals surface area (Å²) in [6, 6.07) is 8.29. The highest BCUT2D eigenvalue weighted by molar-refractivity contribution is 5.27. The van der Waals surface area contributed by atoms with Crippen LogP contribution in [0.3, 0.4) is 0 Å². The molecule has 2 nitrogen and oxygen atoms in total. The Morgan fingerprint density at radius 1 is 1.13 bits per heavy atom. The fourth-order valence-electron chi connectivity index (χ4n) is 1.40. The Morgan fingerprint density at radius 2 is 1.87 bits per heavy atom. The molecule has 0 saturated carbocycles. The lowest BCUT2D eigenvalue weighted by molar-refractivity contribution is 0.340. The summed E-state index contributed by atoms with van der Waals surface area (Å²) in [5.41, 5.74) is 1.31. The van der Waals surface area contributed by atoms with Gasteiger partial charge in [0.25, 0.3) is 0 Å². The van der Waals surface area contributed by atoms with Crippen molar-refractivity contribution in [1.82, 2.24) is 5.32 Å². The molecule has 0 aliphatic carbocycles. The molecule has 0 heterocycles. The van der Waals surface area contributed by atoms with Crippen LogP contribution in [0.1, 0.15) is 32.3 Å².